The van der Waals surface area contributed by atoms with Crippen molar-refractivity contribution in [1.82, 2.24) is 25.1 Å². The minimum absolute atomic E-state index is 0.0256. The number of ketones is 1. The van der Waals surface area contributed by atoms with E-state index in [4.69, 9.17) is 16.3 Å². The number of alkyl halides is 3. The molecule has 0 radical (unpaired) electrons. The van der Waals surface area contributed by atoms with Gasteiger partial charge in [0.25, 0.3) is 0 Å². The first-order chi connectivity index (χ1) is 28.7. The summed E-state index contributed by atoms with van der Waals surface area (Å²) in [6.07, 6.45) is -0.951. The van der Waals surface area contributed by atoms with E-state index in [-0.39, 0.29) is 90.1 Å². The molecular formula is C42H45ClF3N9O5. The number of anilines is 6. The molecule has 0 bridgehead atoms. The molecule has 1 aromatic heterocycles. The van der Waals surface area contributed by atoms with E-state index in [0.717, 1.165) is 37.7 Å². The van der Waals surface area contributed by atoms with Crippen molar-refractivity contribution in [3.63, 3.8) is 0 Å². The van der Waals surface area contributed by atoms with Crippen LogP contribution in [0.15, 0.2) is 66.9 Å². The van der Waals surface area contributed by atoms with Crippen molar-refractivity contribution in [3.05, 3.63) is 88.6 Å². The highest BCUT2D eigenvalue weighted by molar-refractivity contribution is 6.33. The number of amides is 3. The smallest absolute Gasteiger partial charge is 0.418 e. The van der Waals surface area contributed by atoms with Gasteiger partial charge in [-0.15, -0.1) is 0 Å². The van der Waals surface area contributed by atoms with Gasteiger partial charge >= 0.3 is 6.18 Å². The van der Waals surface area contributed by atoms with E-state index >= 15 is 0 Å². The Hall–Kier alpha value is -5.94. The van der Waals surface area contributed by atoms with Crippen LogP contribution in [-0.4, -0.2) is 102 Å². The largest absolute Gasteiger partial charge is 0.494 e. The third-order valence-electron chi connectivity index (χ3n) is 11.1. The summed E-state index contributed by atoms with van der Waals surface area (Å²) in [7, 11) is 1.35. The molecule has 0 aliphatic carbocycles. The van der Waals surface area contributed by atoms with E-state index < -0.39 is 17.8 Å². The first-order valence-corrected chi connectivity index (χ1v) is 20.0. The van der Waals surface area contributed by atoms with Crippen LogP contribution in [-0.2, 0) is 20.6 Å². The Balaban J connectivity index is 0.942. The molecule has 3 saturated heterocycles. The fraction of sp³-hybridized carbons (Fsp3) is 0.381. The zero-order chi connectivity index (χ0) is 42.6. The number of hydrogen-bond acceptors (Lipinski definition) is 12. The molecule has 7 rings (SSSR count). The molecule has 1 atom stereocenters. The average molecular weight is 848 g/mol. The standard InChI is InChI=1S/C42H45ClF3N9O5/c1-25(56)29-5-3-4-6-32(29)49-39-31(43)23-47-41(52-39)50-34-21-30(42(44,45)46)35(22-36(34)60-2)54-17-19-55(20-18-54)38(58)24-53-15-13-27(14-16-53)26-7-9-28(10-8-26)48-33-11-12-37(57)51-40(33)59/h3-10,21-23,27,33,48H,11-20,24H2,1-2H3,(H,51,57,59)(H2,47,49,50,52). The number of aromatic nitrogens is 2. The van der Waals surface area contributed by atoms with Crippen LogP contribution in [0.1, 0.15) is 60.0 Å². The fourth-order valence-electron chi connectivity index (χ4n) is 7.78. The lowest BCUT2D eigenvalue weighted by Crippen LogP contribution is -2.52. The van der Waals surface area contributed by atoms with Crippen LogP contribution < -0.4 is 30.9 Å². The summed E-state index contributed by atoms with van der Waals surface area (Å²) in [5.41, 5.74) is 1.85. The minimum Gasteiger partial charge on any atom is -0.494 e. The molecule has 1 unspecified atom stereocenters. The number of methoxy groups -OCH3 is 1. The minimum atomic E-state index is -4.73. The maximum Gasteiger partial charge on any atom is 0.418 e. The quantitative estimate of drug-likeness (QED) is 0.0896. The molecular weight excluding hydrogens is 803 g/mol. The molecule has 0 saturated carbocycles. The Morgan fingerprint density at radius 1 is 0.933 bits per heavy atom. The number of hydrogen-bond donors (Lipinski definition) is 4. The number of piperidine rings is 2. The van der Waals surface area contributed by atoms with E-state index in [1.54, 1.807) is 34.1 Å². The van der Waals surface area contributed by atoms with Crippen LogP contribution in [0.3, 0.4) is 0 Å². The second-order valence-corrected chi connectivity index (χ2v) is 15.4. The lowest BCUT2D eigenvalue weighted by atomic mass is 9.89. The normalized spacial score (nSPS) is 17.9. The Kier molecular flexibility index (Phi) is 12.7. The van der Waals surface area contributed by atoms with Crippen LogP contribution in [0.2, 0.25) is 5.02 Å². The monoisotopic (exact) mass is 847 g/mol. The summed E-state index contributed by atoms with van der Waals surface area (Å²) >= 11 is 6.35. The highest BCUT2D eigenvalue weighted by Crippen LogP contribution is 2.43. The van der Waals surface area contributed by atoms with Crippen LogP contribution in [0.5, 0.6) is 5.75 Å². The van der Waals surface area contributed by atoms with E-state index in [1.165, 1.54) is 31.9 Å². The third kappa shape index (κ3) is 9.90. The maximum absolute atomic E-state index is 14.7. The number of carbonyl (C=O) groups is 4. The van der Waals surface area contributed by atoms with Gasteiger partial charge in [0.15, 0.2) is 11.6 Å². The van der Waals surface area contributed by atoms with Crippen LogP contribution in [0.4, 0.5) is 47.7 Å². The molecule has 3 aromatic carbocycles. The first-order valence-electron chi connectivity index (χ1n) is 19.7. The Morgan fingerprint density at radius 3 is 2.32 bits per heavy atom. The molecule has 3 aliphatic rings. The summed E-state index contributed by atoms with van der Waals surface area (Å²) in [6, 6.07) is 16.6. The molecule has 3 aliphatic heterocycles. The first kappa shape index (κ1) is 42.2. The van der Waals surface area contributed by atoms with Gasteiger partial charge in [0, 0.05) is 49.9 Å². The summed E-state index contributed by atoms with van der Waals surface area (Å²) in [5, 5.41) is 11.5. The molecule has 4 aromatic rings. The number of piperazine rings is 1. The lowest BCUT2D eigenvalue weighted by Gasteiger charge is -2.39. The molecule has 60 heavy (non-hydrogen) atoms. The highest BCUT2D eigenvalue weighted by atomic mass is 35.5. The zero-order valence-corrected chi connectivity index (χ0v) is 33.8. The van der Waals surface area contributed by atoms with Gasteiger partial charge in [-0.05, 0) is 81.1 Å². The second kappa shape index (κ2) is 18.1. The van der Waals surface area contributed by atoms with Gasteiger partial charge < -0.3 is 30.5 Å². The number of nitrogens with zero attached hydrogens (tertiary/aromatic N) is 5. The van der Waals surface area contributed by atoms with Gasteiger partial charge in [0.1, 0.15) is 16.8 Å². The number of para-hydroxylation sites is 1. The van der Waals surface area contributed by atoms with Gasteiger partial charge in [0.2, 0.25) is 23.7 Å². The van der Waals surface area contributed by atoms with Gasteiger partial charge in [-0.25, -0.2) is 4.98 Å². The molecule has 0 spiro atoms. The van der Waals surface area contributed by atoms with Crippen LogP contribution in [0, 0.1) is 0 Å². The lowest BCUT2D eigenvalue weighted by molar-refractivity contribution is -0.137. The number of ether oxygens (including phenoxy) is 1. The number of likely N-dealkylation sites (tertiary alicyclic amines) is 1. The number of imide groups is 1. The zero-order valence-electron chi connectivity index (χ0n) is 33.1. The summed E-state index contributed by atoms with van der Waals surface area (Å²) < 4.78 is 49.6. The molecule has 18 heteroatoms. The van der Waals surface area contributed by atoms with E-state index in [9.17, 15) is 32.3 Å². The molecule has 14 nitrogen and oxygen atoms in total. The Morgan fingerprint density at radius 2 is 1.65 bits per heavy atom. The number of rotatable bonds is 12. The number of nitrogens with one attached hydrogen (secondary N) is 4. The molecule has 4 N–H and O–H groups in total. The van der Waals surface area contributed by atoms with Crippen LogP contribution >= 0.6 is 11.6 Å². The van der Waals surface area contributed by atoms with Crippen molar-refractivity contribution in [2.45, 2.75) is 50.7 Å². The number of Topliss-reactive ketones (excluding diaryl/α,β-unsaturated/α-hetero) is 1. The number of benzene rings is 3. The average Bonchev–Trinajstić information content (AvgIpc) is 3.23. The molecule has 4 heterocycles. The summed E-state index contributed by atoms with van der Waals surface area (Å²) in [5.74, 6) is -0.307. The van der Waals surface area contributed by atoms with Crippen molar-refractivity contribution in [3.8, 4) is 5.75 Å². The Bertz CT molecular complexity index is 2250. The Labute approximate surface area is 349 Å². The van der Waals surface area contributed by atoms with Crippen molar-refractivity contribution >= 4 is 69.6 Å². The number of carbonyl (C=O) groups excluding carboxylic acids is 4. The topological polar surface area (TPSA) is 161 Å². The van der Waals surface area contributed by atoms with Crippen molar-refractivity contribution in [2.75, 3.05) is 73.8 Å². The predicted octanol–water partition coefficient (Wildman–Crippen LogP) is 6.59. The van der Waals surface area contributed by atoms with Crippen molar-refractivity contribution in [2.24, 2.45) is 0 Å². The second-order valence-electron chi connectivity index (χ2n) is 15.0. The van der Waals surface area contributed by atoms with Crippen molar-refractivity contribution < 1.29 is 37.1 Å². The van der Waals surface area contributed by atoms with Gasteiger partial charge in [-0.2, -0.15) is 18.2 Å². The van der Waals surface area contributed by atoms with E-state index in [0.29, 0.717) is 30.0 Å². The fourth-order valence-corrected chi connectivity index (χ4v) is 7.92. The summed E-state index contributed by atoms with van der Waals surface area (Å²) in [6.45, 7) is 4.02. The molecule has 316 valence electrons. The van der Waals surface area contributed by atoms with Gasteiger partial charge in [-0.3, -0.25) is 29.4 Å². The highest BCUT2D eigenvalue weighted by Gasteiger charge is 2.38. The van der Waals surface area contributed by atoms with Gasteiger partial charge in [0.05, 0.1) is 42.5 Å². The van der Waals surface area contributed by atoms with Crippen molar-refractivity contribution in [1.29, 1.82) is 0 Å². The van der Waals surface area contributed by atoms with Gasteiger partial charge in [-0.1, -0.05) is 35.9 Å². The predicted molar refractivity (Wildman–Crippen MR) is 221 cm³/mol. The van der Waals surface area contributed by atoms with E-state index in [1.807, 2.05) is 24.3 Å². The van der Waals surface area contributed by atoms with Crippen LogP contribution in [0.25, 0.3) is 0 Å². The van der Waals surface area contributed by atoms with E-state index in [2.05, 4.69) is 36.1 Å². The summed E-state index contributed by atoms with van der Waals surface area (Å²) in [4.78, 5) is 63.1. The third-order valence-corrected chi connectivity index (χ3v) is 11.3. The maximum atomic E-state index is 14.7. The number of halogens is 4. The molecule has 3 amide bonds. The molecule has 3 fully saturated rings. The SMILES string of the molecule is COc1cc(N2CCN(C(=O)CN3CCC(c4ccc(NC5CCC(=O)NC5=O)cc4)CC3)CC2)c(C(F)(F)F)cc1Nc1ncc(Cl)c(Nc2ccccc2C(C)=O)n1.